The van der Waals surface area contributed by atoms with Gasteiger partial charge in [0, 0.05) is 35.8 Å². The highest BCUT2D eigenvalue weighted by Crippen LogP contribution is 2.28. The smallest absolute Gasteiger partial charge is 0.244 e. The predicted octanol–water partition coefficient (Wildman–Crippen LogP) is 4.52. The third-order valence-electron chi connectivity index (χ3n) is 4.72. The number of benzene rings is 2. The van der Waals surface area contributed by atoms with Crippen LogP contribution in [0.3, 0.4) is 0 Å². The summed E-state index contributed by atoms with van der Waals surface area (Å²) in [5.41, 5.74) is 2.36. The molecule has 0 radical (unpaired) electrons. The number of halogens is 1. The van der Waals surface area contributed by atoms with Crippen molar-refractivity contribution < 1.29 is 18.7 Å². The Labute approximate surface area is 188 Å². The first-order chi connectivity index (χ1) is 15.6. The van der Waals surface area contributed by atoms with Crippen molar-refractivity contribution in [2.45, 2.75) is 17.5 Å². The standard InChI is InChI=1S/C23H21FN4O3S/c1-30-17-10-16(11-18(12-17)31-2)26-21(29)13-28-22-20(8-5-9-25-22)27-23(28)32-14-15-6-3-4-7-19(15)24/h3-12H,13-14H2,1-2H3,(H,26,29). The van der Waals surface area contributed by atoms with Gasteiger partial charge in [-0.15, -0.1) is 0 Å². The Balaban J connectivity index is 1.57. The van der Waals surface area contributed by atoms with Crippen LogP contribution in [0, 0.1) is 5.82 Å². The number of hydrogen-bond donors (Lipinski definition) is 1. The van der Waals surface area contributed by atoms with Crippen LogP contribution in [0.2, 0.25) is 0 Å². The molecule has 0 aliphatic carbocycles. The van der Waals surface area contributed by atoms with Crippen molar-refractivity contribution in [3.63, 3.8) is 0 Å². The van der Waals surface area contributed by atoms with Gasteiger partial charge in [-0.2, -0.15) is 0 Å². The minimum atomic E-state index is -0.273. The molecule has 9 heteroatoms. The Morgan fingerprint density at radius 2 is 1.84 bits per heavy atom. The lowest BCUT2D eigenvalue weighted by molar-refractivity contribution is -0.116. The molecule has 0 saturated carbocycles. The second kappa shape index (κ2) is 9.69. The van der Waals surface area contributed by atoms with Gasteiger partial charge in [-0.25, -0.2) is 14.4 Å². The molecular weight excluding hydrogens is 431 g/mol. The zero-order valence-electron chi connectivity index (χ0n) is 17.5. The van der Waals surface area contributed by atoms with E-state index < -0.39 is 0 Å². The number of nitrogens with one attached hydrogen (secondary N) is 1. The quantitative estimate of drug-likeness (QED) is 0.396. The summed E-state index contributed by atoms with van der Waals surface area (Å²) >= 11 is 1.35. The lowest BCUT2D eigenvalue weighted by atomic mass is 10.2. The van der Waals surface area contributed by atoms with Crippen molar-refractivity contribution in [2.75, 3.05) is 19.5 Å². The maximum Gasteiger partial charge on any atom is 0.244 e. The normalized spacial score (nSPS) is 10.8. The Morgan fingerprint density at radius 3 is 2.56 bits per heavy atom. The van der Waals surface area contributed by atoms with E-state index >= 15 is 0 Å². The third kappa shape index (κ3) is 4.83. The molecule has 32 heavy (non-hydrogen) atoms. The third-order valence-corrected chi connectivity index (χ3v) is 5.75. The predicted molar refractivity (Wildman–Crippen MR) is 122 cm³/mol. The van der Waals surface area contributed by atoms with E-state index in [1.807, 2.05) is 6.07 Å². The van der Waals surface area contributed by atoms with Crippen LogP contribution in [0.25, 0.3) is 11.2 Å². The molecule has 0 atom stereocenters. The molecule has 0 fully saturated rings. The van der Waals surface area contributed by atoms with E-state index in [4.69, 9.17) is 9.47 Å². The van der Waals surface area contributed by atoms with Crippen molar-refractivity contribution in [2.24, 2.45) is 0 Å². The fraction of sp³-hybridized carbons (Fsp3) is 0.174. The number of nitrogens with zero attached hydrogens (tertiary/aromatic N) is 3. The number of thioether (sulfide) groups is 1. The Morgan fingerprint density at radius 1 is 1.09 bits per heavy atom. The van der Waals surface area contributed by atoms with Crippen LogP contribution >= 0.6 is 11.8 Å². The SMILES string of the molecule is COc1cc(NC(=O)Cn2c(SCc3ccccc3F)nc3cccnc32)cc(OC)c1. The van der Waals surface area contributed by atoms with Crippen LogP contribution in [0.15, 0.2) is 66.0 Å². The summed E-state index contributed by atoms with van der Waals surface area (Å²) in [5, 5.41) is 3.44. The summed E-state index contributed by atoms with van der Waals surface area (Å²) in [5.74, 6) is 0.972. The molecule has 1 amide bonds. The molecule has 0 aliphatic rings. The Kier molecular flexibility index (Phi) is 6.55. The largest absolute Gasteiger partial charge is 0.497 e. The molecular formula is C23H21FN4O3S. The molecule has 2 aromatic carbocycles. The molecule has 2 heterocycles. The summed E-state index contributed by atoms with van der Waals surface area (Å²) in [7, 11) is 3.09. The van der Waals surface area contributed by atoms with Gasteiger partial charge >= 0.3 is 0 Å². The van der Waals surface area contributed by atoms with Crippen molar-refractivity contribution in [1.82, 2.24) is 14.5 Å². The van der Waals surface area contributed by atoms with Gasteiger partial charge < -0.3 is 14.8 Å². The van der Waals surface area contributed by atoms with Crippen LogP contribution in [0.5, 0.6) is 11.5 Å². The molecule has 0 aliphatic heterocycles. The molecule has 7 nitrogen and oxygen atoms in total. The van der Waals surface area contributed by atoms with Crippen molar-refractivity contribution in [3.8, 4) is 11.5 Å². The highest BCUT2D eigenvalue weighted by molar-refractivity contribution is 7.98. The molecule has 4 rings (SSSR count). The number of ether oxygens (including phenoxy) is 2. The van der Waals surface area contributed by atoms with Gasteiger partial charge in [0.2, 0.25) is 5.91 Å². The van der Waals surface area contributed by atoms with Crippen LogP contribution in [-0.4, -0.2) is 34.7 Å². The average Bonchev–Trinajstić information content (AvgIpc) is 3.15. The van der Waals surface area contributed by atoms with Crippen molar-refractivity contribution in [1.29, 1.82) is 0 Å². The molecule has 0 unspecified atom stereocenters. The van der Waals surface area contributed by atoms with Crippen molar-refractivity contribution >= 4 is 34.5 Å². The van der Waals surface area contributed by atoms with Crippen molar-refractivity contribution in [3.05, 3.63) is 72.2 Å². The van der Waals surface area contributed by atoms with E-state index in [1.165, 1.54) is 17.8 Å². The monoisotopic (exact) mass is 452 g/mol. The summed E-state index contributed by atoms with van der Waals surface area (Å²) in [6, 6.07) is 15.4. The van der Waals surface area contributed by atoms with Gasteiger partial charge in [-0.3, -0.25) is 9.36 Å². The number of carbonyl (C=O) groups excluding carboxylic acids is 1. The molecule has 164 valence electrons. The zero-order chi connectivity index (χ0) is 22.5. The molecule has 4 aromatic rings. The number of imidazole rings is 1. The fourth-order valence-electron chi connectivity index (χ4n) is 3.17. The Bertz CT molecular complexity index is 1240. The number of fused-ring (bicyclic) bond motifs is 1. The lowest BCUT2D eigenvalue weighted by Gasteiger charge is -2.12. The number of methoxy groups -OCH3 is 2. The minimum absolute atomic E-state index is 0.00730. The zero-order valence-corrected chi connectivity index (χ0v) is 18.4. The second-order valence-corrected chi connectivity index (χ2v) is 7.80. The number of aromatic nitrogens is 3. The summed E-state index contributed by atoms with van der Waals surface area (Å²) < 4.78 is 26.3. The summed E-state index contributed by atoms with van der Waals surface area (Å²) in [6.07, 6.45) is 1.65. The maximum atomic E-state index is 14.0. The topological polar surface area (TPSA) is 78.3 Å². The van der Waals surface area contributed by atoms with E-state index in [1.54, 1.807) is 67.4 Å². The average molecular weight is 453 g/mol. The minimum Gasteiger partial charge on any atom is -0.497 e. The number of rotatable bonds is 8. The molecule has 1 N–H and O–H groups in total. The van der Waals surface area contributed by atoms with Crippen LogP contribution in [0.1, 0.15) is 5.56 Å². The highest BCUT2D eigenvalue weighted by atomic mass is 32.2. The summed E-state index contributed by atoms with van der Waals surface area (Å²) in [4.78, 5) is 21.8. The number of amides is 1. The number of carbonyl (C=O) groups is 1. The van der Waals surface area contributed by atoms with Crippen LogP contribution in [-0.2, 0) is 17.1 Å². The van der Waals surface area contributed by atoms with Gasteiger partial charge in [0.05, 0.1) is 14.2 Å². The molecule has 0 spiro atoms. The second-order valence-electron chi connectivity index (χ2n) is 6.86. The van der Waals surface area contributed by atoms with E-state index in [0.717, 1.165) is 0 Å². The first kappa shape index (κ1) is 21.6. The molecule has 0 bridgehead atoms. The fourth-order valence-corrected chi connectivity index (χ4v) is 4.16. The number of pyridine rings is 1. The molecule has 0 saturated heterocycles. The molecule has 2 aromatic heterocycles. The maximum absolute atomic E-state index is 14.0. The van der Waals surface area contributed by atoms with Gasteiger partial charge in [-0.1, -0.05) is 30.0 Å². The first-order valence-corrected chi connectivity index (χ1v) is 10.8. The number of anilines is 1. The van der Waals surface area contributed by atoms with E-state index in [9.17, 15) is 9.18 Å². The van der Waals surface area contributed by atoms with E-state index in [0.29, 0.717) is 44.8 Å². The van der Waals surface area contributed by atoms with Crippen LogP contribution in [0.4, 0.5) is 10.1 Å². The Hall–Kier alpha value is -3.59. The van der Waals surface area contributed by atoms with Gasteiger partial charge in [0.25, 0.3) is 0 Å². The highest BCUT2D eigenvalue weighted by Gasteiger charge is 2.16. The van der Waals surface area contributed by atoms with E-state index in [2.05, 4.69) is 15.3 Å². The van der Waals surface area contributed by atoms with Crippen LogP contribution < -0.4 is 14.8 Å². The van der Waals surface area contributed by atoms with E-state index in [-0.39, 0.29) is 18.3 Å². The summed E-state index contributed by atoms with van der Waals surface area (Å²) in [6.45, 7) is -0.00730. The first-order valence-electron chi connectivity index (χ1n) is 9.77. The van der Waals surface area contributed by atoms with Gasteiger partial charge in [0.15, 0.2) is 10.8 Å². The lowest BCUT2D eigenvalue weighted by Crippen LogP contribution is -2.19. The van der Waals surface area contributed by atoms with Gasteiger partial charge in [0.1, 0.15) is 29.4 Å². The van der Waals surface area contributed by atoms with Gasteiger partial charge in [-0.05, 0) is 23.8 Å². The number of hydrogen-bond acceptors (Lipinski definition) is 6.